The van der Waals surface area contributed by atoms with E-state index in [2.05, 4.69) is 27.0 Å². The number of carbonyl (C=O) groups excluding carboxylic acids is 2. The van der Waals surface area contributed by atoms with Crippen LogP contribution in [0.4, 0.5) is 31.0 Å². The van der Waals surface area contributed by atoms with Gasteiger partial charge in [0.15, 0.2) is 18.4 Å². The molecule has 2 amide bonds. The molecule has 70 heavy (non-hydrogen) atoms. The summed E-state index contributed by atoms with van der Waals surface area (Å²) in [6.45, 7) is 14.4. The molecule has 3 saturated heterocycles. The number of nitrogens with one attached hydrogen (secondary N) is 2. The molecule has 3 rings (SSSR count). The van der Waals surface area contributed by atoms with Crippen LogP contribution in [0.15, 0.2) is 25.3 Å². The molecule has 0 aromatic carbocycles. The Kier molecular flexibility index (Phi) is 31.8. The topological polar surface area (TPSA) is 191 Å². The summed E-state index contributed by atoms with van der Waals surface area (Å²) in [5.41, 5.74) is 0. The van der Waals surface area contributed by atoms with Gasteiger partial charge in [-0.2, -0.15) is 26.3 Å². The zero-order chi connectivity index (χ0) is 51.6. The summed E-state index contributed by atoms with van der Waals surface area (Å²) in [7, 11) is 3.21. The number of hydrogen-bond acceptors (Lipinski definition) is 14. The minimum absolute atomic E-state index is 0. The minimum atomic E-state index is -5.15. The number of fused-ring (bicyclic) bond motifs is 1. The van der Waals surface area contributed by atoms with Gasteiger partial charge in [-0.05, 0) is 39.5 Å². The number of ether oxygens (including phenoxy) is 10. The highest BCUT2D eigenvalue weighted by atomic mass is 19.4. The van der Waals surface area contributed by atoms with Crippen LogP contribution >= 0.6 is 0 Å². The fourth-order valence-corrected chi connectivity index (χ4v) is 8.06. The number of rotatable bonds is 31. The zero-order valence-corrected chi connectivity index (χ0v) is 41.6. The molecule has 3 heterocycles. The molecule has 16 nitrogen and oxygen atoms in total. The Balaban J connectivity index is 0.000000693. The maximum absolute atomic E-state index is 13.1. The Labute approximate surface area is 408 Å². The number of aliphatic hydroxyl groups is 2. The quantitative estimate of drug-likeness (QED) is 0.0319. The number of unbranched alkanes of at least 4 members (excludes halogenated alkanes) is 8. The van der Waals surface area contributed by atoms with Crippen LogP contribution in [0.2, 0.25) is 0 Å². The second kappa shape index (κ2) is 34.0. The summed E-state index contributed by atoms with van der Waals surface area (Å²) in [4.78, 5) is 23.5. The van der Waals surface area contributed by atoms with Crippen LogP contribution < -0.4 is 10.6 Å². The first-order valence-corrected chi connectivity index (χ1v) is 24.1. The average Bonchev–Trinajstić information content (AvgIpc) is 3.30. The summed E-state index contributed by atoms with van der Waals surface area (Å²) in [6, 6.07) is -2.74. The fourth-order valence-electron chi connectivity index (χ4n) is 8.06. The van der Waals surface area contributed by atoms with E-state index in [-0.39, 0.29) is 49.9 Å². The average molecular weight is 1030 g/mol. The molecule has 0 spiro atoms. The third-order valence-corrected chi connectivity index (χ3v) is 11.8. The number of methoxy groups -OCH3 is 2. The highest BCUT2D eigenvalue weighted by molar-refractivity contribution is 5.82. The van der Waals surface area contributed by atoms with Crippen molar-refractivity contribution in [1.82, 2.24) is 10.6 Å². The number of aliphatic hydroxyl groups excluding tert-OH is 2. The highest BCUT2D eigenvalue weighted by Gasteiger charge is 2.55. The monoisotopic (exact) mass is 1030 g/mol. The molecule has 0 radical (unpaired) electrons. The van der Waals surface area contributed by atoms with E-state index in [4.69, 9.17) is 47.4 Å². The van der Waals surface area contributed by atoms with E-state index < -0.39 is 97.8 Å². The Bertz CT molecular complexity index is 1450. The van der Waals surface area contributed by atoms with Crippen molar-refractivity contribution in [3.8, 4) is 0 Å². The van der Waals surface area contributed by atoms with Gasteiger partial charge >= 0.3 is 24.2 Å². The molecule has 1 unspecified atom stereocenters. The molecule has 3 fully saturated rings. The predicted molar refractivity (Wildman–Crippen MR) is 243 cm³/mol. The lowest BCUT2D eigenvalue weighted by Crippen LogP contribution is -2.69. The van der Waals surface area contributed by atoms with Gasteiger partial charge in [0.2, 0.25) is 0 Å². The number of halogens is 7. The normalized spacial score (nSPS) is 27.4. The molecule has 0 saturated carbocycles. The maximum atomic E-state index is 13.1. The third-order valence-electron chi connectivity index (χ3n) is 11.8. The first-order chi connectivity index (χ1) is 32.7. The molecule has 4 N–H and O–H groups in total. The van der Waals surface area contributed by atoms with Crippen LogP contribution in [-0.4, -0.2) is 168 Å². The van der Waals surface area contributed by atoms with Crippen LogP contribution in [0.3, 0.4) is 0 Å². The van der Waals surface area contributed by atoms with Gasteiger partial charge < -0.3 is 68.2 Å². The van der Waals surface area contributed by atoms with E-state index in [1.165, 1.54) is 37.8 Å². The van der Waals surface area contributed by atoms with E-state index in [0.29, 0.717) is 12.8 Å². The van der Waals surface area contributed by atoms with Crippen molar-refractivity contribution < 1.29 is 98.2 Å². The summed E-state index contributed by atoms with van der Waals surface area (Å²) in [5.74, 6) is -5.33. The second-order valence-corrected chi connectivity index (χ2v) is 17.7. The van der Waals surface area contributed by atoms with Crippen molar-refractivity contribution >= 4 is 11.8 Å². The van der Waals surface area contributed by atoms with Crippen molar-refractivity contribution in [2.45, 2.75) is 209 Å². The summed E-state index contributed by atoms with van der Waals surface area (Å²) in [6.07, 6.45) is -2.74. The fraction of sp³-hybridized carbons (Fsp3) is 0.872. The highest BCUT2D eigenvalue weighted by Crippen LogP contribution is 2.35. The van der Waals surface area contributed by atoms with E-state index >= 15 is 0 Å². The first-order valence-electron chi connectivity index (χ1n) is 24.1. The van der Waals surface area contributed by atoms with E-state index in [1.807, 2.05) is 5.32 Å². The van der Waals surface area contributed by atoms with E-state index in [1.54, 1.807) is 33.4 Å². The summed E-state index contributed by atoms with van der Waals surface area (Å²) < 4.78 is 135. The number of hydrogen-bond donors (Lipinski definition) is 4. The van der Waals surface area contributed by atoms with Gasteiger partial charge in [-0.25, -0.2) is 0 Å². The van der Waals surface area contributed by atoms with Gasteiger partial charge in [0, 0.05) is 27.4 Å². The Hall–Kier alpha value is -2.55. The standard InChI is InChI=1S/C25H42F3NO7.C22H38F3NO7.FH/c1-6-8-9-10-11-12-17(31-5)13-15-32-21-19(29-23(30)25(26,27)28)22(33-14-7-2)35-18-16-34-24(3,4)36-20(18)21;1-4-6-7-8-9-10-15(30-3)11-13-31-19-17(26-21(29)22(23,24)25)20(32-12-5-2)33-16(14-27)18(19)28;/h7,17-22H,2,6,8-16H2,1,3-5H3,(H,29,30);5,15-20,27-28H,2,4,6-14H2,1,3H3,(H,26,29);1H/t17-,18-,19?,20-,21-,22+;15-,16-,17-,18-,19-,20+;/m11./s1. The molecule has 12 atom stereocenters. The molecule has 0 bridgehead atoms. The van der Waals surface area contributed by atoms with Gasteiger partial charge in [-0.3, -0.25) is 14.3 Å². The molecule has 23 heteroatoms. The third kappa shape index (κ3) is 23.1. The van der Waals surface area contributed by atoms with Crippen molar-refractivity contribution in [3.63, 3.8) is 0 Å². The van der Waals surface area contributed by atoms with E-state index in [9.17, 15) is 46.1 Å². The van der Waals surface area contributed by atoms with Crippen LogP contribution in [0.1, 0.15) is 118 Å². The van der Waals surface area contributed by atoms with Gasteiger partial charge in [-0.1, -0.05) is 90.2 Å². The van der Waals surface area contributed by atoms with Gasteiger partial charge in [0.1, 0.15) is 48.7 Å². The lowest BCUT2D eigenvalue weighted by atomic mass is 9.94. The molecule has 0 aromatic heterocycles. The summed E-state index contributed by atoms with van der Waals surface area (Å²) in [5, 5.41) is 23.9. The Morgan fingerprint density at radius 1 is 0.714 bits per heavy atom. The molecule has 0 aromatic rings. The van der Waals surface area contributed by atoms with Gasteiger partial charge in [-0.15, -0.1) is 13.2 Å². The molecular weight excluding hydrogens is 950 g/mol. The second-order valence-electron chi connectivity index (χ2n) is 17.7. The van der Waals surface area contributed by atoms with Crippen molar-refractivity contribution in [3.05, 3.63) is 25.3 Å². The summed E-state index contributed by atoms with van der Waals surface area (Å²) >= 11 is 0. The van der Waals surface area contributed by atoms with Crippen molar-refractivity contribution in [2.75, 3.05) is 53.9 Å². The maximum Gasteiger partial charge on any atom is 0.471 e. The Morgan fingerprint density at radius 3 is 1.59 bits per heavy atom. The lowest BCUT2D eigenvalue weighted by Gasteiger charge is -2.51. The largest absolute Gasteiger partial charge is 0.471 e. The number of carbonyl (C=O) groups is 2. The van der Waals surface area contributed by atoms with Crippen molar-refractivity contribution in [1.29, 1.82) is 0 Å². The molecule has 3 aliphatic heterocycles. The van der Waals surface area contributed by atoms with Gasteiger partial charge in [0.25, 0.3) is 0 Å². The zero-order valence-electron chi connectivity index (χ0n) is 41.6. The van der Waals surface area contributed by atoms with Crippen LogP contribution in [0, 0.1) is 0 Å². The first kappa shape index (κ1) is 65.5. The SMILES string of the molecule is C=CCO[C@H]1O[C@@H]2COC(C)(C)O[C@H]2[C@H](OCC[C@@H](CCCCCCC)OC)C1NC(=O)C(F)(F)F.C=CCO[C@H]1O[C@H](CO)[C@@H](O)[C@H](OCC[C@@H](CCCCCCC)OC)[C@H]1NC(=O)C(F)(F)F.F. The van der Waals surface area contributed by atoms with Gasteiger partial charge in [0.05, 0.1) is 38.6 Å². The molecular formula is C47H81F7N2O14. The van der Waals surface area contributed by atoms with Crippen LogP contribution in [0.5, 0.6) is 0 Å². The minimum Gasteiger partial charge on any atom is -0.394 e. The number of amides is 2. The van der Waals surface area contributed by atoms with Crippen molar-refractivity contribution in [2.24, 2.45) is 0 Å². The van der Waals surface area contributed by atoms with Crippen LogP contribution in [0.25, 0.3) is 0 Å². The van der Waals surface area contributed by atoms with Crippen LogP contribution in [-0.2, 0) is 57.0 Å². The smallest absolute Gasteiger partial charge is 0.394 e. The lowest BCUT2D eigenvalue weighted by molar-refractivity contribution is -0.371. The molecule has 3 aliphatic rings. The molecule has 412 valence electrons. The van der Waals surface area contributed by atoms with E-state index in [0.717, 1.165) is 51.4 Å². The molecule has 0 aliphatic carbocycles. The predicted octanol–water partition coefficient (Wildman–Crippen LogP) is 6.88. The Morgan fingerprint density at radius 2 is 1.16 bits per heavy atom. The number of alkyl halides is 6.